The summed E-state index contributed by atoms with van der Waals surface area (Å²) in [6.45, 7) is 5.20. The predicted octanol–water partition coefficient (Wildman–Crippen LogP) is 3.66. The fourth-order valence-electron chi connectivity index (χ4n) is 2.83. The molecule has 2 aromatic heterocycles. The predicted molar refractivity (Wildman–Crippen MR) is 107 cm³/mol. The van der Waals surface area contributed by atoms with Crippen molar-refractivity contribution in [1.29, 1.82) is 0 Å². The lowest BCUT2D eigenvalue weighted by atomic mass is 9.93. The highest BCUT2D eigenvalue weighted by atomic mass is 32.1. The molecule has 0 bridgehead atoms. The lowest BCUT2D eigenvalue weighted by molar-refractivity contribution is 0.0734. The van der Waals surface area contributed by atoms with E-state index in [1.165, 1.54) is 0 Å². The zero-order valence-electron chi connectivity index (χ0n) is 15.3. The number of carbonyl (C=O) groups is 1. The van der Waals surface area contributed by atoms with Crippen molar-refractivity contribution in [2.75, 3.05) is 20.1 Å². The van der Waals surface area contributed by atoms with Gasteiger partial charge in [0.15, 0.2) is 5.69 Å². The van der Waals surface area contributed by atoms with Crippen LogP contribution >= 0.6 is 11.3 Å². The fourth-order valence-corrected chi connectivity index (χ4v) is 3.55. The molecule has 0 unspecified atom stereocenters. The largest absolute Gasteiger partial charge is 0.340 e. The second-order valence-electron chi connectivity index (χ2n) is 7.17. The normalized spacial score (nSPS) is 11.5. The van der Waals surface area contributed by atoms with Gasteiger partial charge in [0.2, 0.25) is 0 Å². The van der Waals surface area contributed by atoms with Gasteiger partial charge in [-0.15, -0.1) is 11.3 Å². The van der Waals surface area contributed by atoms with Crippen LogP contribution in [-0.2, 0) is 0 Å². The third-order valence-electron chi connectivity index (χ3n) is 4.27. The maximum Gasteiger partial charge on any atom is 0.274 e. The first-order valence-electron chi connectivity index (χ1n) is 8.56. The van der Waals surface area contributed by atoms with Crippen LogP contribution in [0.25, 0.3) is 16.3 Å². The third-order valence-corrected chi connectivity index (χ3v) is 5.16. The molecule has 26 heavy (non-hydrogen) atoms. The minimum absolute atomic E-state index is 0.0981. The van der Waals surface area contributed by atoms with E-state index in [-0.39, 0.29) is 11.3 Å². The van der Waals surface area contributed by atoms with E-state index in [1.807, 2.05) is 58.6 Å². The summed E-state index contributed by atoms with van der Waals surface area (Å²) in [6.07, 6.45) is 0. The Kier molecular flexibility index (Phi) is 5.25. The molecule has 3 aromatic rings. The molecule has 2 heterocycles. The first-order valence-corrected chi connectivity index (χ1v) is 9.44. The van der Waals surface area contributed by atoms with Gasteiger partial charge in [0.05, 0.1) is 16.3 Å². The second-order valence-corrected chi connectivity index (χ2v) is 8.12. The van der Waals surface area contributed by atoms with Gasteiger partial charge in [0.25, 0.3) is 5.91 Å². The van der Waals surface area contributed by atoms with Crippen LogP contribution in [0.3, 0.4) is 0 Å². The highest BCUT2D eigenvalue weighted by Crippen LogP contribution is 2.28. The van der Waals surface area contributed by atoms with Crippen molar-refractivity contribution in [2.24, 2.45) is 11.1 Å². The number of hydrogen-bond acceptors (Lipinski definition) is 4. The summed E-state index contributed by atoms with van der Waals surface area (Å²) in [7, 11) is 1.80. The molecule has 6 heteroatoms. The van der Waals surface area contributed by atoms with Gasteiger partial charge in [-0.2, -0.15) is 5.10 Å². The van der Waals surface area contributed by atoms with Crippen LogP contribution in [0.2, 0.25) is 0 Å². The Hall–Kier alpha value is -2.44. The molecule has 2 N–H and O–H groups in total. The van der Waals surface area contributed by atoms with Crippen molar-refractivity contribution < 1.29 is 4.79 Å². The number of para-hydroxylation sites is 1. The van der Waals surface area contributed by atoms with E-state index in [2.05, 4.69) is 18.9 Å². The van der Waals surface area contributed by atoms with Crippen molar-refractivity contribution in [3.8, 4) is 16.3 Å². The Labute approximate surface area is 158 Å². The molecular weight excluding hydrogens is 344 g/mol. The molecule has 1 amide bonds. The summed E-state index contributed by atoms with van der Waals surface area (Å²) in [6, 6.07) is 15.8. The third kappa shape index (κ3) is 3.86. The average molecular weight is 369 g/mol. The summed E-state index contributed by atoms with van der Waals surface area (Å²) in [5, 5.41) is 6.64. The van der Waals surface area contributed by atoms with E-state index in [0.717, 1.165) is 16.3 Å². The number of benzene rings is 1. The van der Waals surface area contributed by atoms with E-state index < -0.39 is 0 Å². The second kappa shape index (κ2) is 7.43. The monoisotopic (exact) mass is 368 g/mol. The maximum atomic E-state index is 12.9. The first kappa shape index (κ1) is 18.4. The molecule has 0 aliphatic heterocycles. The first-order chi connectivity index (χ1) is 12.4. The Balaban J connectivity index is 1.98. The van der Waals surface area contributed by atoms with Crippen molar-refractivity contribution in [1.82, 2.24) is 14.7 Å². The van der Waals surface area contributed by atoms with Crippen LogP contribution in [0.4, 0.5) is 0 Å². The van der Waals surface area contributed by atoms with E-state index >= 15 is 0 Å². The summed E-state index contributed by atoms with van der Waals surface area (Å²) in [5.74, 6) is -0.0981. The molecule has 0 aliphatic carbocycles. The van der Waals surface area contributed by atoms with Gasteiger partial charge in [-0.1, -0.05) is 38.1 Å². The van der Waals surface area contributed by atoms with Gasteiger partial charge in [0.1, 0.15) is 0 Å². The Morgan fingerprint density at radius 3 is 2.58 bits per heavy atom. The molecule has 0 saturated carbocycles. The van der Waals surface area contributed by atoms with E-state index in [9.17, 15) is 4.79 Å². The zero-order valence-corrected chi connectivity index (χ0v) is 16.2. The van der Waals surface area contributed by atoms with E-state index in [1.54, 1.807) is 23.3 Å². The van der Waals surface area contributed by atoms with Crippen LogP contribution in [-0.4, -0.2) is 40.7 Å². The number of aromatic nitrogens is 2. The lowest BCUT2D eigenvalue weighted by Gasteiger charge is -2.28. The van der Waals surface area contributed by atoms with E-state index in [0.29, 0.717) is 18.8 Å². The Morgan fingerprint density at radius 2 is 1.96 bits per heavy atom. The summed E-state index contributed by atoms with van der Waals surface area (Å²) in [4.78, 5) is 15.7. The molecule has 0 aliphatic rings. The number of nitrogens with zero attached hydrogens (tertiary/aromatic N) is 3. The number of rotatable bonds is 6. The average Bonchev–Trinajstić information content (AvgIpc) is 3.31. The molecule has 3 rings (SSSR count). The minimum Gasteiger partial charge on any atom is -0.340 e. The number of hydrogen-bond donors (Lipinski definition) is 1. The lowest BCUT2D eigenvalue weighted by Crippen LogP contribution is -2.39. The van der Waals surface area contributed by atoms with Crippen molar-refractivity contribution in [3.05, 3.63) is 59.6 Å². The highest BCUT2D eigenvalue weighted by Gasteiger charge is 2.25. The standard InChI is InChI=1S/C20H24N4OS/c1-20(2,13-21)14-23(3)19(25)16-12-17(18-10-7-11-26-18)24(22-16)15-8-5-4-6-9-15/h4-12H,13-14,21H2,1-3H3. The van der Waals surface area contributed by atoms with Gasteiger partial charge in [-0.05, 0) is 41.6 Å². The molecule has 136 valence electrons. The van der Waals surface area contributed by atoms with Crippen LogP contribution in [0.5, 0.6) is 0 Å². The Bertz CT molecular complexity index is 869. The molecule has 0 atom stereocenters. The minimum atomic E-state index is -0.136. The number of amides is 1. The SMILES string of the molecule is CN(CC(C)(C)CN)C(=O)c1cc(-c2cccs2)n(-c2ccccc2)n1. The van der Waals surface area contributed by atoms with Gasteiger partial charge >= 0.3 is 0 Å². The summed E-state index contributed by atoms with van der Waals surface area (Å²) < 4.78 is 1.83. The van der Waals surface area contributed by atoms with Gasteiger partial charge in [-0.3, -0.25) is 4.79 Å². The number of thiophene rings is 1. The van der Waals surface area contributed by atoms with E-state index in [4.69, 9.17) is 5.73 Å². The van der Waals surface area contributed by atoms with Crippen molar-refractivity contribution in [3.63, 3.8) is 0 Å². The highest BCUT2D eigenvalue weighted by molar-refractivity contribution is 7.13. The number of nitrogens with two attached hydrogens (primary N) is 1. The molecule has 0 radical (unpaired) electrons. The van der Waals surface area contributed by atoms with Crippen molar-refractivity contribution in [2.45, 2.75) is 13.8 Å². The molecule has 0 fully saturated rings. The van der Waals surface area contributed by atoms with Gasteiger partial charge in [0, 0.05) is 13.6 Å². The quantitative estimate of drug-likeness (QED) is 0.722. The summed E-state index contributed by atoms with van der Waals surface area (Å²) >= 11 is 1.63. The molecule has 0 spiro atoms. The van der Waals surface area contributed by atoms with Crippen molar-refractivity contribution >= 4 is 17.2 Å². The smallest absolute Gasteiger partial charge is 0.274 e. The molecule has 5 nitrogen and oxygen atoms in total. The fraction of sp³-hybridized carbons (Fsp3) is 0.300. The summed E-state index contributed by atoms with van der Waals surface area (Å²) in [5.41, 5.74) is 7.96. The Morgan fingerprint density at radius 1 is 1.23 bits per heavy atom. The molecule has 1 aromatic carbocycles. The topological polar surface area (TPSA) is 64.2 Å². The zero-order chi connectivity index (χ0) is 18.7. The molecule has 0 saturated heterocycles. The van der Waals surface area contributed by atoms with Gasteiger partial charge < -0.3 is 10.6 Å². The van der Waals surface area contributed by atoms with Crippen LogP contribution in [0, 0.1) is 5.41 Å². The van der Waals surface area contributed by atoms with Crippen LogP contribution in [0.1, 0.15) is 24.3 Å². The van der Waals surface area contributed by atoms with Crippen LogP contribution < -0.4 is 5.73 Å². The molecular formula is C20H24N4OS. The number of carbonyl (C=O) groups excluding carboxylic acids is 1. The van der Waals surface area contributed by atoms with Gasteiger partial charge in [-0.25, -0.2) is 4.68 Å². The van der Waals surface area contributed by atoms with Crippen LogP contribution in [0.15, 0.2) is 53.9 Å². The maximum absolute atomic E-state index is 12.9.